The maximum atomic E-state index is 16.3. The van der Waals surface area contributed by atoms with Crippen molar-refractivity contribution in [2.45, 2.75) is 51.1 Å². The predicted octanol–water partition coefficient (Wildman–Crippen LogP) is 24.8. The minimum Gasteiger partial charge on any atom is -0.455 e. The molecular weight excluding hydrogens is 1230 g/mol. The summed E-state index contributed by atoms with van der Waals surface area (Å²) >= 11 is 0. The Kier molecular flexibility index (Phi) is 12.0. The van der Waals surface area contributed by atoms with Crippen LogP contribution in [0.5, 0.6) is 0 Å². The molecule has 6 aromatic heterocycles. The summed E-state index contributed by atoms with van der Waals surface area (Å²) < 4.78 is 121. The van der Waals surface area contributed by atoms with E-state index in [0.717, 1.165) is 98.8 Å². The van der Waals surface area contributed by atoms with Gasteiger partial charge in [-0.2, -0.15) is 26.3 Å². The van der Waals surface area contributed by atoms with Crippen LogP contribution in [0.15, 0.2) is 276 Å². The fraction of sp³-hybridized carbons (Fsp3) is 0.0930. The molecule has 0 radical (unpaired) electrons. The number of para-hydroxylation sites is 8. The highest BCUT2D eigenvalue weighted by molar-refractivity contribution is 6.26. The highest BCUT2D eigenvalue weighted by Gasteiger charge is 2.45. The molecule has 0 fully saturated rings. The van der Waals surface area contributed by atoms with E-state index in [-0.39, 0.29) is 11.1 Å². The van der Waals surface area contributed by atoms with Crippen molar-refractivity contribution in [3.63, 3.8) is 0 Å². The number of fused-ring (bicyclic) bond motifs is 20. The molecule has 0 atom stereocenters. The van der Waals surface area contributed by atoms with Crippen LogP contribution >= 0.6 is 0 Å². The molecule has 474 valence electrons. The Balaban J connectivity index is 1.16. The van der Waals surface area contributed by atoms with Crippen LogP contribution in [-0.4, -0.2) is 18.3 Å². The van der Waals surface area contributed by atoms with Crippen molar-refractivity contribution < 1.29 is 35.2 Å². The van der Waals surface area contributed by atoms with Gasteiger partial charge in [0.2, 0.25) is 0 Å². The first-order valence-corrected chi connectivity index (χ1v) is 32.7. The third-order valence-electron chi connectivity index (χ3n) is 20.7. The van der Waals surface area contributed by atoms with Crippen LogP contribution in [0.2, 0.25) is 0 Å². The Morgan fingerprint density at radius 1 is 0.276 bits per heavy atom. The van der Waals surface area contributed by atoms with Crippen LogP contribution in [0.25, 0.3) is 165 Å². The highest BCUT2D eigenvalue weighted by Crippen LogP contribution is 2.58. The Labute approximate surface area is 555 Å². The van der Waals surface area contributed by atoms with Crippen molar-refractivity contribution in [1.29, 1.82) is 0 Å². The molecule has 0 saturated carbocycles. The van der Waals surface area contributed by atoms with E-state index in [2.05, 4.69) is 119 Å². The first-order valence-electron chi connectivity index (χ1n) is 32.7. The van der Waals surface area contributed by atoms with E-state index >= 15 is 26.3 Å². The van der Waals surface area contributed by atoms with Gasteiger partial charge in [-0.25, -0.2) is 0 Å². The Morgan fingerprint density at radius 3 is 0.959 bits per heavy atom. The number of halogens is 6. The fourth-order valence-corrected chi connectivity index (χ4v) is 16.9. The molecule has 19 aromatic rings. The van der Waals surface area contributed by atoms with Crippen LogP contribution in [0.3, 0.4) is 0 Å². The SMILES string of the molecule is CC(C)(c1c(-c2cccc(C(F)(F)F)c2)c(-n2c3ccccc3c3c4oc5ccccc5c4ccc32)c(C(C)(C)n2c3ccccc3c3ccccc32)c(-n2c3ccccc3c3c4oc5ccccc5c4ccc32)c1-c1cccc(C(F)(F)F)c1)n1c2ccccc2c2ccccc21. The second-order valence-electron chi connectivity index (χ2n) is 26.8. The largest absolute Gasteiger partial charge is 0.455 e. The molecule has 6 nitrogen and oxygen atoms in total. The molecular formula is C86H56F6N4O2. The van der Waals surface area contributed by atoms with E-state index in [1.807, 2.05) is 146 Å². The number of furan rings is 2. The summed E-state index contributed by atoms with van der Waals surface area (Å²) in [5, 5.41) is 10.4. The van der Waals surface area contributed by atoms with E-state index < -0.39 is 34.6 Å². The number of hydrogen-bond acceptors (Lipinski definition) is 2. The third kappa shape index (κ3) is 7.99. The van der Waals surface area contributed by atoms with Gasteiger partial charge in [-0.15, -0.1) is 0 Å². The number of hydrogen-bond donors (Lipinski definition) is 0. The quantitative estimate of drug-likeness (QED) is 0.142. The molecule has 12 heteroatoms. The Hall–Kier alpha value is -11.8. The maximum Gasteiger partial charge on any atom is 0.416 e. The van der Waals surface area contributed by atoms with Crippen LogP contribution in [0, 0.1) is 0 Å². The van der Waals surface area contributed by atoms with Crippen molar-refractivity contribution in [3.05, 3.63) is 289 Å². The molecule has 0 aliphatic heterocycles. The molecule has 0 bridgehead atoms. The third-order valence-corrected chi connectivity index (χ3v) is 20.7. The summed E-state index contributed by atoms with van der Waals surface area (Å²) in [6.07, 6.45) is -9.70. The average Bonchev–Trinajstić information content (AvgIpc) is 1.14. The Bertz CT molecular complexity index is 6240. The summed E-state index contributed by atoms with van der Waals surface area (Å²) in [4.78, 5) is 0. The van der Waals surface area contributed by atoms with Crippen LogP contribution in [-0.2, 0) is 23.4 Å². The predicted molar refractivity (Wildman–Crippen MR) is 386 cm³/mol. The van der Waals surface area contributed by atoms with Gasteiger partial charge in [0.1, 0.15) is 22.3 Å². The summed E-state index contributed by atoms with van der Waals surface area (Å²) in [5.41, 5.74) is 7.09. The number of alkyl halides is 6. The van der Waals surface area contributed by atoms with Gasteiger partial charge < -0.3 is 27.1 Å². The van der Waals surface area contributed by atoms with E-state index in [0.29, 0.717) is 78.0 Å². The lowest BCUT2D eigenvalue weighted by Gasteiger charge is -2.42. The van der Waals surface area contributed by atoms with Crippen molar-refractivity contribution in [3.8, 4) is 33.6 Å². The number of aromatic nitrogens is 4. The van der Waals surface area contributed by atoms with E-state index in [1.54, 1.807) is 12.1 Å². The first-order chi connectivity index (χ1) is 47.5. The molecule has 0 N–H and O–H groups in total. The van der Waals surface area contributed by atoms with E-state index in [4.69, 9.17) is 8.83 Å². The summed E-state index contributed by atoms with van der Waals surface area (Å²) in [6.45, 7) is 8.42. The van der Waals surface area contributed by atoms with Crippen LogP contribution in [0.1, 0.15) is 49.9 Å². The molecule has 0 aliphatic carbocycles. The zero-order valence-corrected chi connectivity index (χ0v) is 53.3. The lowest BCUT2D eigenvalue weighted by atomic mass is 9.74. The van der Waals surface area contributed by atoms with Crippen LogP contribution < -0.4 is 0 Å². The molecule has 0 spiro atoms. The van der Waals surface area contributed by atoms with E-state index in [1.165, 1.54) is 24.3 Å². The average molecular weight is 1290 g/mol. The molecule has 13 aromatic carbocycles. The second kappa shape index (κ2) is 20.4. The summed E-state index contributed by atoms with van der Waals surface area (Å²) in [5.74, 6) is 0. The van der Waals surface area contributed by atoms with Crippen molar-refractivity contribution in [2.24, 2.45) is 0 Å². The van der Waals surface area contributed by atoms with Crippen molar-refractivity contribution >= 4 is 131 Å². The van der Waals surface area contributed by atoms with Gasteiger partial charge in [0, 0.05) is 92.6 Å². The maximum absolute atomic E-state index is 16.3. The van der Waals surface area contributed by atoms with Crippen LogP contribution in [0.4, 0.5) is 26.3 Å². The minimum absolute atomic E-state index is 0.180. The lowest BCUT2D eigenvalue weighted by molar-refractivity contribution is -0.138. The molecule has 0 aliphatic rings. The van der Waals surface area contributed by atoms with E-state index in [9.17, 15) is 0 Å². The lowest BCUT2D eigenvalue weighted by Crippen LogP contribution is -2.35. The van der Waals surface area contributed by atoms with Crippen molar-refractivity contribution in [2.75, 3.05) is 0 Å². The fourth-order valence-electron chi connectivity index (χ4n) is 16.9. The number of rotatable bonds is 8. The summed E-state index contributed by atoms with van der Waals surface area (Å²) in [6, 6.07) is 83.8. The zero-order valence-electron chi connectivity index (χ0n) is 53.3. The van der Waals surface area contributed by atoms with Gasteiger partial charge in [-0.1, -0.05) is 170 Å². The zero-order chi connectivity index (χ0) is 66.5. The minimum atomic E-state index is -4.85. The second-order valence-corrected chi connectivity index (χ2v) is 26.8. The molecule has 0 saturated heterocycles. The Morgan fingerprint density at radius 2 is 0.592 bits per heavy atom. The molecule has 6 heterocycles. The molecule has 0 amide bonds. The highest BCUT2D eigenvalue weighted by atomic mass is 19.4. The van der Waals surface area contributed by atoms with Gasteiger partial charge in [0.15, 0.2) is 0 Å². The first kappa shape index (κ1) is 57.7. The van der Waals surface area contributed by atoms with Gasteiger partial charge >= 0.3 is 12.4 Å². The molecule has 98 heavy (non-hydrogen) atoms. The molecule has 0 unspecified atom stereocenters. The number of benzene rings is 13. The topological polar surface area (TPSA) is 46.0 Å². The van der Waals surface area contributed by atoms with Gasteiger partial charge in [-0.05, 0) is 141 Å². The molecule has 19 rings (SSSR count). The summed E-state index contributed by atoms with van der Waals surface area (Å²) in [7, 11) is 0. The monoisotopic (exact) mass is 1290 g/mol. The van der Waals surface area contributed by atoms with Crippen molar-refractivity contribution in [1.82, 2.24) is 18.3 Å². The van der Waals surface area contributed by atoms with Gasteiger partial charge in [-0.3, -0.25) is 0 Å². The van der Waals surface area contributed by atoms with Gasteiger partial charge in [0.25, 0.3) is 0 Å². The van der Waals surface area contributed by atoms with Gasteiger partial charge in [0.05, 0.1) is 66.4 Å². The number of nitrogens with zero attached hydrogens (tertiary/aromatic N) is 4. The smallest absolute Gasteiger partial charge is 0.416 e. The normalized spacial score (nSPS) is 13.0. The standard InChI is InChI=1S/C86H56F6N4O2/c1-83(2,95-65-37-15-5-27-53(65)54-28-6-16-38-66(54)95)77-73(49-23-21-25-51(47-49)85(87,88)89)79(93-63-35-13-9-33-61(63)75-69(93)45-43-59-57-31-11-19-41-71(57)97-81(59)75)78(84(3,4)96-67-39-17-7-29-55(67)56-30-8-18-40-68(56)96)80(74(77)50-24-22-26-52(48-50)86(90,91)92)94-64-36-14-10-34-62(64)76-70(94)46-44-60-58-32-12-20-42-72(58)98-82(60)76/h5-48H,1-4H3.